The molecule has 0 aliphatic carbocycles. The molecule has 0 spiro atoms. The van der Waals surface area contributed by atoms with Gasteiger partial charge in [-0.15, -0.1) is 12.6 Å². The molecule has 0 unspecified atom stereocenters. The lowest BCUT2D eigenvalue weighted by molar-refractivity contribution is 0.332. The fraction of sp³-hybridized carbons (Fsp3) is 0.250. The van der Waals surface area contributed by atoms with Crippen molar-refractivity contribution in [2.24, 2.45) is 0 Å². The highest BCUT2D eigenvalue weighted by Crippen LogP contribution is 2.24. The fourth-order valence-electron chi connectivity index (χ4n) is 0.802. The first kappa shape index (κ1) is 8.27. The summed E-state index contributed by atoms with van der Waals surface area (Å²) < 4.78 is 5.26. The third kappa shape index (κ3) is 2.05. The second kappa shape index (κ2) is 3.53. The molecule has 0 aliphatic rings. The van der Waals surface area contributed by atoms with Crippen LogP contribution in [0, 0.1) is 0 Å². The molecule has 11 heavy (non-hydrogen) atoms. The van der Waals surface area contributed by atoms with Gasteiger partial charge in [-0.2, -0.15) is 0 Å². The van der Waals surface area contributed by atoms with Crippen molar-refractivity contribution in [1.29, 1.82) is 0 Å². The van der Waals surface area contributed by atoms with Gasteiger partial charge in [0.05, 0.1) is 6.61 Å². The van der Waals surface area contributed by atoms with E-state index in [2.05, 4.69) is 12.6 Å². The molecule has 60 valence electrons. The molecule has 0 heterocycles. The van der Waals surface area contributed by atoms with E-state index in [-0.39, 0.29) is 0 Å². The third-order valence-electron chi connectivity index (χ3n) is 1.28. The molecule has 0 saturated carbocycles. The Kier molecular flexibility index (Phi) is 2.65. The van der Waals surface area contributed by atoms with E-state index in [9.17, 15) is 0 Å². The molecule has 0 aromatic heterocycles. The van der Waals surface area contributed by atoms with Gasteiger partial charge in [0.25, 0.3) is 0 Å². The van der Waals surface area contributed by atoms with Gasteiger partial charge < -0.3 is 10.5 Å². The summed E-state index contributed by atoms with van der Waals surface area (Å²) in [6.45, 7) is 2.56. The van der Waals surface area contributed by atoms with Crippen LogP contribution in [0.25, 0.3) is 0 Å². The highest BCUT2D eigenvalue weighted by Gasteiger charge is 1.98. The van der Waals surface area contributed by atoms with E-state index in [1.54, 1.807) is 12.1 Å². The molecular formula is C8H11NOS. The van der Waals surface area contributed by atoms with Crippen LogP contribution in [0.4, 0.5) is 5.69 Å². The van der Waals surface area contributed by atoms with Gasteiger partial charge >= 0.3 is 0 Å². The summed E-state index contributed by atoms with van der Waals surface area (Å²) in [5, 5.41) is 0. The molecule has 2 N–H and O–H groups in total. The minimum atomic E-state index is 0.636. The second-order valence-electron chi connectivity index (χ2n) is 2.16. The highest BCUT2D eigenvalue weighted by molar-refractivity contribution is 7.80. The first-order valence-electron chi connectivity index (χ1n) is 3.45. The maximum Gasteiger partial charge on any atom is 0.134 e. The molecule has 0 saturated heterocycles. The number of thiol groups is 1. The normalized spacial score (nSPS) is 9.64. The van der Waals surface area contributed by atoms with Crippen LogP contribution in [0.3, 0.4) is 0 Å². The van der Waals surface area contributed by atoms with E-state index in [0.29, 0.717) is 12.3 Å². The Balaban J connectivity index is 2.93. The highest BCUT2D eigenvalue weighted by atomic mass is 32.1. The molecule has 1 aromatic carbocycles. The Labute approximate surface area is 71.8 Å². The zero-order valence-corrected chi connectivity index (χ0v) is 7.27. The average Bonchev–Trinajstić information content (AvgIpc) is 1.98. The Hall–Kier alpha value is -0.830. The van der Waals surface area contributed by atoms with Crippen LogP contribution in [0.5, 0.6) is 5.75 Å². The van der Waals surface area contributed by atoms with E-state index in [4.69, 9.17) is 10.5 Å². The summed E-state index contributed by atoms with van der Waals surface area (Å²) >= 11 is 4.20. The molecule has 2 nitrogen and oxygen atoms in total. The van der Waals surface area contributed by atoms with Gasteiger partial charge in [-0.25, -0.2) is 0 Å². The summed E-state index contributed by atoms with van der Waals surface area (Å²) in [6.07, 6.45) is 0. The lowest BCUT2D eigenvalue weighted by Crippen LogP contribution is -1.94. The molecule has 0 radical (unpaired) electrons. The van der Waals surface area contributed by atoms with Gasteiger partial charge in [-0.05, 0) is 19.1 Å². The van der Waals surface area contributed by atoms with Crippen molar-refractivity contribution in [2.75, 3.05) is 12.3 Å². The molecule has 0 aliphatic heterocycles. The topological polar surface area (TPSA) is 35.2 Å². The Morgan fingerprint density at radius 1 is 1.55 bits per heavy atom. The number of hydrogen-bond acceptors (Lipinski definition) is 3. The predicted molar refractivity (Wildman–Crippen MR) is 49.3 cm³/mol. The van der Waals surface area contributed by atoms with E-state index in [0.717, 1.165) is 10.6 Å². The van der Waals surface area contributed by atoms with Gasteiger partial charge in [0.1, 0.15) is 5.75 Å². The monoisotopic (exact) mass is 169 g/mol. The second-order valence-corrected chi connectivity index (χ2v) is 2.64. The van der Waals surface area contributed by atoms with Crippen LogP contribution in [0.15, 0.2) is 23.1 Å². The molecule has 3 heteroatoms. The minimum absolute atomic E-state index is 0.636. The van der Waals surface area contributed by atoms with Crippen molar-refractivity contribution in [3.63, 3.8) is 0 Å². The van der Waals surface area contributed by atoms with E-state index in [1.807, 2.05) is 13.0 Å². The minimum Gasteiger partial charge on any atom is -0.493 e. The summed E-state index contributed by atoms with van der Waals surface area (Å²) in [5.41, 5.74) is 6.24. The fourth-order valence-corrected chi connectivity index (χ4v) is 1.01. The van der Waals surface area contributed by atoms with E-state index in [1.165, 1.54) is 0 Å². The third-order valence-corrected chi connectivity index (χ3v) is 1.65. The number of nitrogens with two attached hydrogens (primary N) is 1. The number of anilines is 1. The lowest BCUT2D eigenvalue weighted by Gasteiger charge is -2.05. The summed E-state index contributed by atoms with van der Waals surface area (Å²) in [6, 6.07) is 5.39. The average molecular weight is 169 g/mol. The Morgan fingerprint density at radius 2 is 2.27 bits per heavy atom. The molecular weight excluding hydrogens is 158 g/mol. The maximum atomic E-state index is 5.54. The van der Waals surface area contributed by atoms with Gasteiger partial charge in [0.2, 0.25) is 0 Å². The van der Waals surface area contributed by atoms with E-state index >= 15 is 0 Å². The quantitative estimate of drug-likeness (QED) is 0.524. The maximum absolute atomic E-state index is 5.54. The van der Waals surface area contributed by atoms with Crippen molar-refractivity contribution in [3.05, 3.63) is 18.2 Å². The van der Waals surface area contributed by atoms with Crippen LogP contribution in [0.2, 0.25) is 0 Å². The Morgan fingerprint density at radius 3 is 2.91 bits per heavy atom. The first-order chi connectivity index (χ1) is 5.24. The largest absolute Gasteiger partial charge is 0.493 e. The van der Waals surface area contributed by atoms with Crippen LogP contribution in [-0.2, 0) is 0 Å². The van der Waals surface area contributed by atoms with Crippen LogP contribution in [0.1, 0.15) is 6.92 Å². The molecule has 0 amide bonds. The van der Waals surface area contributed by atoms with Crippen molar-refractivity contribution in [3.8, 4) is 5.75 Å². The molecule has 1 rings (SSSR count). The van der Waals surface area contributed by atoms with Crippen molar-refractivity contribution < 1.29 is 4.74 Å². The number of hydrogen-bond donors (Lipinski definition) is 2. The number of benzene rings is 1. The number of ether oxygens (including phenoxy) is 1. The molecule has 1 aromatic rings. The smallest absolute Gasteiger partial charge is 0.134 e. The summed E-state index contributed by atoms with van der Waals surface area (Å²) in [4.78, 5) is 0.820. The molecule has 0 bridgehead atoms. The van der Waals surface area contributed by atoms with Crippen molar-refractivity contribution in [2.45, 2.75) is 11.8 Å². The first-order valence-corrected chi connectivity index (χ1v) is 3.90. The molecule has 0 atom stereocenters. The van der Waals surface area contributed by atoms with E-state index < -0.39 is 0 Å². The SMILES string of the molecule is CCOc1cc(N)ccc1S. The predicted octanol–water partition coefficient (Wildman–Crippen LogP) is 1.96. The number of rotatable bonds is 2. The standard InChI is InChI=1S/C8H11NOS/c1-2-10-7-5-6(9)3-4-8(7)11/h3-5,11H,2,9H2,1H3. The van der Waals surface area contributed by atoms with Crippen LogP contribution >= 0.6 is 12.6 Å². The zero-order chi connectivity index (χ0) is 8.27. The van der Waals surface area contributed by atoms with Gasteiger partial charge in [0, 0.05) is 16.6 Å². The lowest BCUT2D eigenvalue weighted by atomic mass is 10.3. The van der Waals surface area contributed by atoms with Gasteiger partial charge in [-0.1, -0.05) is 0 Å². The summed E-state index contributed by atoms with van der Waals surface area (Å²) in [7, 11) is 0. The van der Waals surface area contributed by atoms with Crippen molar-refractivity contribution >= 4 is 18.3 Å². The zero-order valence-electron chi connectivity index (χ0n) is 6.37. The van der Waals surface area contributed by atoms with Crippen molar-refractivity contribution in [1.82, 2.24) is 0 Å². The summed E-state index contributed by atoms with van der Waals surface area (Å²) in [5.74, 6) is 0.746. The number of nitrogen functional groups attached to an aromatic ring is 1. The Bertz CT molecular complexity index is 250. The molecule has 0 fully saturated rings. The van der Waals surface area contributed by atoms with Crippen LogP contribution < -0.4 is 10.5 Å². The van der Waals surface area contributed by atoms with Crippen LogP contribution in [-0.4, -0.2) is 6.61 Å². The van der Waals surface area contributed by atoms with Gasteiger partial charge in [-0.3, -0.25) is 0 Å². The van der Waals surface area contributed by atoms with Gasteiger partial charge in [0.15, 0.2) is 0 Å².